The summed E-state index contributed by atoms with van der Waals surface area (Å²) in [6.07, 6.45) is 56.6. The van der Waals surface area contributed by atoms with E-state index in [1.54, 1.807) is 0 Å². The second kappa shape index (κ2) is 68.8. The molecule has 17 nitrogen and oxygen atoms in total. The minimum Gasteiger partial charge on any atom is -0.462 e. The topological polar surface area (TPSA) is 237 Å². The molecule has 0 aromatic rings. The van der Waals surface area contributed by atoms with Gasteiger partial charge in [-0.2, -0.15) is 0 Å². The number of phosphoric ester groups is 2. The summed E-state index contributed by atoms with van der Waals surface area (Å²) < 4.78 is 68.6. The van der Waals surface area contributed by atoms with Gasteiger partial charge in [0.2, 0.25) is 0 Å². The molecule has 0 saturated heterocycles. The van der Waals surface area contributed by atoms with Gasteiger partial charge in [-0.15, -0.1) is 0 Å². The maximum atomic E-state index is 13.1. The summed E-state index contributed by atoms with van der Waals surface area (Å²) in [5, 5.41) is 10.6. The van der Waals surface area contributed by atoms with Crippen molar-refractivity contribution in [1.82, 2.24) is 0 Å². The van der Waals surface area contributed by atoms with Gasteiger partial charge in [0.05, 0.1) is 26.4 Å². The number of esters is 4. The number of hydrogen-bond donors (Lipinski definition) is 3. The number of rotatable bonds is 76. The first-order valence-corrected chi connectivity index (χ1v) is 43.0. The van der Waals surface area contributed by atoms with Crippen LogP contribution < -0.4 is 0 Å². The normalized spacial score (nSPS) is 14.3. The van der Waals surface area contributed by atoms with Crippen molar-refractivity contribution in [3.63, 3.8) is 0 Å². The second-order valence-corrected chi connectivity index (χ2v) is 31.4. The first-order valence-electron chi connectivity index (χ1n) is 40.0. The number of ether oxygens (including phenoxy) is 4. The fourth-order valence-electron chi connectivity index (χ4n) is 11.8. The zero-order valence-electron chi connectivity index (χ0n) is 62.7. The van der Waals surface area contributed by atoms with E-state index >= 15 is 0 Å². The highest BCUT2D eigenvalue weighted by atomic mass is 31.2. The lowest BCUT2D eigenvalue weighted by molar-refractivity contribution is -0.161. The molecule has 96 heavy (non-hydrogen) atoms. The van der Waals surface area contributed by atoms with Gasteiger partial charge >= 0.3 is 39.5 Å². The van der Waals surface area contributed by atoms with Crippen LogP contribution in [0, 0.1) is 11.8 Å². The highest BCUT2D eigenvalue weighted by Crippen LogP contribution is 2.45. The van der Waals surface area contributed by atoms with E-state index in [1.807, 2.05) is 0 Å². The zero-order chi connectivity index (χ0) is 70.7. The molecule has 6 atom stereocenters. The van der Waals surface area contributed by atoms with Crippen LogP contribution in [0.1, 0.15) is 401 Å². The van der Waals surface area contributed by atoms with E-state index in [4.69, 9.17) is 37.0 Å². The van der Waals surface area contributed by atoms with Crippen LogP contribution in [0.25, 0.3) is 0 Å². The van der Waals surface area contributed by atoms with Gasteiger partial charge in [-0.3, -0.25) is 37.3 Å². The number of aliphatic hydroxyl groups excluding tert-OH is 1. The number of hydrogen-bond acceptors (Lipinski definition) is 15. The van der Waals surface area contributed by atoms with Crippen molar-refractivity contribution in [2.24, 2.45) is 11.8 Å². The molecule has 19 heteroatoms. The average Bonchev–Trinajstić information content (AvgIpc) is 1.80. The van der Waals surface area contributed by atoms with Crippen LogP contribution in [0.3, 0.4) is 0 Å². The largest absolute Gasteiger partial charge is 0.472 e. The van der Waals surface area contributed by atoms with Crippen LogP contribution in [0.15, 0.2) is 0 Å². The molecule has 0 fully saturated rings. The molecule has 0 aromatic carbocycles. The minimum absolute atomic E-state index is 0.108. The fourth-order valence-corrected chi connectivity index (χ4v) is 13.4. The van der Waals surface area contributed by atoms with E-state index in [2.05, 4.69) is 41.5 Å². The first kappa shape index (κ1) is 94.1. The molecule has 0 radical (unpaired) electrons. The Hall–Kier alpha value is -1.94. The van der Waals surface area contributed by atoms with E-state index in [1.165, 1.54) is 218 Å². The highest BCUT2D eigenvalue weighted by molar-refractivity contribution is 7.47. The van der Waals surface area contributed by atoms with Crippen molar-refractivity contribution >= 4 is 39.5 Å². The monoisotopic (exact) mass is 1410 g/mol. The van der Waals surface area contributed by atoms with Crippen molar-refractivity contribution in [1.29, 1.82) is 0 Å². The summed E-state index contributed by atoms with van der Waals surface area (Å²) in [7, 11) is -9.91. The first-order chi connectivity index (χ1) is 46.4. The van der Waals surface area contributed by atoms with Crippen molar-refractivity contribution in [2.75, 3.05) is 39.6 Å². The van der Waals surface area contributed by atoms with Gasteiger partial charge in [0.15, 0.2) is 12.2 Å². The summed E-state index contributed by atoms with van der Waals surface area (Å²) in [5.74, 6) is -0.500. The molecule has 570 valence electrons. The third kappa shape index (κ3) is 69.2. The second-order valence-electron chi connectivity index (χ2n) is 28.5. The molecule has 0 rings (SSSR count). The number of carbonyl (C=O) groups excluding carboxylic acids is 4. The summed E-state index contributed by atoms with van der Waals surface area (Å²) in [6.45, 7) is 9.66. The number of unbranched alkanes of at least 4 members (excludes halogenated alkanes) is 45. The molecule has 0 aromatic heterocycles. The molecule has 0 spiro atoms. The van der Waals surface area contributed by atoms with E-state index in [0.717, 1.165) is 102 Å². The number of aliphatic hydroxyl groups is 1. The lowest BCUT2D eigenvalue weighted by Gasteiger charge is -2.21. The van der Waals surface area contributed by atoms with Crippen LogP contribution in [0.5, 0.6) is 0 Å². The van der Waals surface area contributed by atoms with E-state index in [9.17, 15) is 43.2 Å². The molecule has 0 aliphatic carbocycles. The molecule has 3 N–H and O–H groups in total. The van der Waals surface area contributed by atoms with Crippen LogP contribution in [0.4, 0.5) is 0 Å². The molecule has 0 aliphatic heterocycles. The van der Waals surface area contributed by atoms with Gasteiger partial charge in [-0.1, -0.05) is 350 Å². The predicted molar refractivity (Wildman–Crippen MR) is 391 cm³/mol. The lowest BCUT2D eigenvalue weighted by Crippen LogP contribution is -2.30. The van der Waals surface area contributed by atoms with Crippen molar-refractivity contribution in [3.05, 3.63) is 0 Å². The minimum atomic E-state index is -4.96. The van der Waals surface area contributed by atoms with Crippen LogP contribution in [0.2, 0.25) is 0 Å². The molecular formula is C77H150O17P2. The molecular weight excluding hydrogens is 1260 g/mol. The Morgan fingerprint density at radius 3 is 0.792 bits per heavy atom. The van der Waals surface area contributed by atoms with Gasteiger partial charge in [0.25, 0.3) is 0 Å². The lowest BCUT2D eigenvalue weighted by atomic mass is 9.99. The average molecular weight is 1410 g/mol. The van der Waals surface area contributed by atoms with Crippen LogP contribution >= 0.6 is 15.6 Å². The van der Waals surface area contributed by atoms with Crippen LogP contribution in [-0.4, -0.2) is 96.7 Å². The molecule has 0 amide bonds. The Labute approximate surface area is 588 Å². The molecule has 0 bridgehead atoms. The SMILES string of the molecule is CCCCCCCCCCCCCCCCC(=O)O[C@H](COC(=O)CCCCCCCCCCCC)COP(=O)(O)OC[C@H](O)COP(=O)(O)OC[C@@H](COC(=O)CCCCCCCCCCCCC(C)CC)OC(=O)CCCCCCCCCCCCCCCCCC(C)C. The summed E-state index contributed by atoms with van der Waals surface area (Å²) in [5.41, 5.74) is 0. The standard InChI is InChI=1S/C77H150O17P2/c1-7-10-12-14-16-18-20-21-26-29-37-43-49-55-61-76(81)93-72(65-87-74(79)59-53-47-41-35-19-17-15-13-11-8-2)67-91-95(83,84)89-63-71(78)64-90-96(85,86)92-68-73(66-88-75(80)60-54-48-42-36-32-31-34-40-46-52-58-70(6)9-3)94-77(82)62-56-50-44-38-30-27-24-22-23-25-28-33-39-45-51-57-69(4)5/h69-73,78H,7-68H2,1-6H3,(H,83,84)(H,85,86)/t70?,71-,72+,73+/m0/s1. The molecule has 0 heterocycles. The smallest absolute Gasteiger partial charge is 0.462 e. The predicted octanol–water partition coefficient (Wildman–Crippen LogP) is 22.7. The van der Waals surface area contributed by atoms with E-state index in [0.29, 0.717) is 25.7 Å². The quantitative estimate of drug-likeness (QED) is 0.0222. The van der Waals surface area contributed by atoms with E-state index in [-0.39, 0.29) is 25.7 Å². The van der Waals surface area contributed by atoms with Gasteiger partial charge in [0, 0.05) is 25.7 Å². The maximum absolute atomic E-state index is 13.1. The van der Waals surface area contributed by atoms with Crippen LogP contribution in [-0.2, 0) is 65.4 Å². The Balaban J connectivity index is 5.25. The highest BCUT2D eigenvalue weighted by Gasteiger charge is 2.30. The summed E-state index contributed by atoms with van der Waals surface area (Å²) >= 11 is 0. The fraction of sp³-hybridized carbons (Fsp3) is 0.948. The Morgan fingerprint density at radius 2 is 0.531 bits per heavy atom. The molecule has 0 aliphatic rings. The van der Waals surface area contributed by atoms with Gasteiger partial charge in [-0.05, 0) is 37.5 Å². The van der Waals surface area contributed by atoms with Gasteiger partial charge in [0.1, 0.15) is 19.3 Å². The van der Waals surface area contributed by atoms with Crippen molar-refractivity contribution in [2.45, 2.75) is 419 Å². The molecule has 0 saturated carbocycles. The maximum Gasteiger partial charge on any atom is 0.472 e. The number of carbonyl (C=O) groups is 4. The zero-order valence-corrected chi connectivity index (χ0v) is 64.5. The summed E-state index contributed by atoms with van der Waals surface area (Å²) in [6, 6.07) is 0. The Morgan fingerprint density at radius 1 is 0.302 bits per heavy atom. The van der Waals surface area contributed by atoms with Gasteiger partial charge in [-0.25, -0.2) is 9.13 Å². The van der Waals surface area contributed by atoms with Gasteiger partial charge < -0.3 is 33.8 Å². The number of phosphoric acid groups is 2. The van der Waals surface area contributed by atoms with Crippen molar-refractivity contribution < 1.29 is 80.2 Å². The third-order valence-electron chi connectivity index (χ3n) is 18.3. The van der Waals surface area contributed by atoms with Crippen molar-refractivity contribution in [3.8, 4) is 0 Å². The summed E-state index contributed by atoms with van der Waals surface area (Å²) in [4.78, 5) is 72.9. The Kier molecular flexibility index (Phi) is 67.4. The van der Waals surface area contributed by atoms with E-state index < -0.39 is 97.5 Å². The molecule has 3 unspecified atom stereocenters. The third-order valence-corrected chi connectivity index (χ3v) is 20.2. The Bertz CT molecular complexity index is 1860.